The molecule has 0 aliphatic rings. The maximum atomic E-state index is 12.1. The van der Waals surface area contributed by atoms with E-state index in [0.29, 0.717) is 11.4 Å². The highest BCUT2D eigenvalue weighted by atomic mass is 35.5. The molecule has 0 bridgehead atoms. The summed E-state index contributed by atoms with van der Waals surface area (Å²) < 4.78 is 1.68. The number of hydrogen-bond acceptors (Lipinski definition) is 2. The Morgan fingerprint density at radius 1 is 1.59 bits per heavy atom. The quantitative estimate of drug-likeness (QED) is 0.794. The zero-order valence-electron chi connectivity index (χ0n) is 10.7. The highest BCUT2D eigenvalue weighted by Gasteiger charge is 2.17. The highest BCUT2D eigenvalue weighted by molar-refractivity contribution is 6.17. The van der Waals surface area contributed by atoms with E-state index < -0.39 is 0 Å². The molecule has 0 aliphatic heterocycles. The second kappa shape index (κ2) is 6.64. The number of halogens is 1. The summed E-state index contributed by atoms with van der Waals surface area (Å²) in [5, 5.41) is 7.25. The van der Waals surface area contributed by atoms with Crippen LogP contribution in [0.4, 0.5) is 0 Å². The van der Waals surface area contributed by atoms with E-state index in [1.807, 2.05) is 20.9 Å². The summed E-state index contributed by atoms with van der Waals surface area (Å²) >= 11 is 5.70. The molecular weight excluding hydrogens is 238 g/mol. The van der Waals surface area contributed by atoms with E-state index in [2.05, 4.69) is 10.4 Å². The predicted molar refractivity (Wildman–Crippen MR) is 69.5 cm³/mol. The summed E-state index contributed by atoms with van der Waals surface area (Å²) in [6.45, 7) is 4.04. The first-order chi connectivity index (χ1) is 8.12. The SMILES string of the molecule is CCc1nn(C)cc1C(=O)NC(CC)CCCl. The predicted octanol–water partition coefficient (Wildman–Crippen LogP) is 2.12. The van der Waals surface area contributed by atoms with Crippen LogP contribution in [0.15, 0.2) is 6.20 Å². The van der Waals surface area contributed by atoms with Crippen molar-refractivity contribution >= 4 is 17.5 Å². The molecule has 1 atom stereocenters. The van der Waals surface area contributed by atoms with Gasteiger partial charge in [0.25, 0.3) is 5.91 Å². The van der Waals surface area contributed by atoms with Crippen LogP contribution in [0.1, 0.15) is 42.7 Å². The van der Waals surface area contributed by atoms with Crippen LogP contribution in [-0.2, 0) is 13.5 Å². The number of aryl methyl sites for hydroxylation is 2. The summed E-state index contributed by atoms with van der Waals surface area (Å²) in [4.78, 5) is 12.1. The summed E-state index contributed by atoms with van der Waals surface area (Å²) in [5.74, 6) is 0.513. The first-order valence-corrected chi connectivity index (χ1v) is 6.55. The first-order valence-electron chi connectivity index (χ1n) is 6.01. The number of hydrogen-bond donors (Lipinski definition) is 1. The lowest BCUT2D eigenvalue weighted by Gasteiger charge is -2.15. The Hall–Kier alpha value is -1.03. The molecule has 0 aromatic carbocycles. The van der Waals surface area contributed by atoms with E-state index in [0.717, 1.165) is 25.0 Å². The molecule has 0 aliphatic carbocycles. The van der Waals surface area contributed by atoms with Gasteiger partial charge in [-0.1, -0.05) is 13.8 Å². The number of alkyl halides is 1. The van der Waals surface area contributed by atoms with Gasteiger partial charge >= 0.3 is 0 Å². The van der Waals surface area contributed by atoms with Gasteiger partial charge in [0.15, 0.2) is 0 Å². The first kappa shape index (κ1) is 14.0. The van der Waals surface area contributed by atoms with Gasteiger partial charge in [0, 0.05) is 25.2 Å². The smallest absolute Gasteiger partial charge is 0.254 e. The molecule has 0 fully saturated rings. The van der Waals surface area contributed by atoms with E-state index in [-0.39, 0.29) is 11.9 Å². The minimum absolute atomic E-state index is 0.0492. The van der Waals surface area contributed by atoms with Crippen molar-refractivity contribution in [1.29, 1.82) is 0 Å². The molecule has 4 nitrogen and oxygen atoms in total. The number of carbonyl (C=O) groups excluding carboxylic acids is 1. The molecule has 1 aromatic heterocycles. The molecule has 0 spiro atoms. The van der Waals surface area contributed by atoms with Crippen LogP contribution in [0.5, 0.6) is 0 Å². The van der Waals surface area contributed by atoms with E-state index in [1.165, 1.54) is 0 Å². The van der Waals surface area contributed by atoms with Gasteiger partial charge in [-0.2, -0.15) is 5.10 Å². The summed E-state index contributed by atoms with van der Waals surface area (Å²) in [6.07, 6.45) is 4.21. The van der Waals surface area contributed by atoms with Crippen molar-refractivity contribution in [3.63, 3.8) is 0 Å². The topological polar surface area (TPSA) is 46.9 Å². The molecule has 1 aromatic rings. The van der Waals surface area contributed by atoms with Gasteiger partial charge in [0.05, 0.1) is 11.3 Å². The molecule has 0 radical (unpaired) electrons. The van der Waals surface area contributed by atoms with Crippen molar-refractivity contribution < 1.29 is 4.79 Å². The Kier molecular flexibility index (Phi) is 5.48. The Morgan fingerprint density at radius 2 is 2.29 bits per heavy atom. The molecule has 0 saturated heterocycles. The third-order valence-corrected chi connectivity index (χ3v) is 2.99. The van der Waals surface area contributed by atoms with Gasteiger partial charge in [-0.3, -0.25) is 9.48 Å². The van der Waals surface area contributed by atoms with Crippen LogP contribution in [0.3, 0.4) is 0 Å². The fraction of sp³-hybridized carbons (Fsp3) is 0.667. The lowest BCUT2D eigenvalue weighted by molar-refractivity contribution is 0.0934. The third kappa shape index (κ3) is 3.73. The van der Waals surface area contributed by atoms with Gasteiger partial charge in [-0.25, -0.2) is 0 Å². The summed E-state index contributed by atoms with van der Waals surface area (Å²) in [7, 11) is 1.83. The molecule has 96 valence electrons. The van der Waals surface area contributed by atoms with E-state index in [4.69, 9.17) is 11.6 Å². The Balaban J connectivity index is 2.74. The minimum atomic E-state index is -0.0492. The molecule has 1 rings (SSSR count). The van der Waals surface area contributed by atoms with Crippen LogP contribution in [-0.4, -0.2) is 27.6 Å². The maximum absolute atomic E-state index is 12.1. The van der Waals surface area contributed by atoms with Gasteiger partial charge in [-0.15, -0.1) is 11.6 Å². The second-order valence-electron chi connectivity index (χ2n) is 4.07. The Bertz CT molecular complexity index is 376. The molecule has 0 saturated carbocycles. The lowest BCUT2D eigenvalue weighted by atomic mass is 10.1. The average molecular weight is 258 g/mol. The molecule has 17 heavy (non-hydrogen) atoms. The van der Waals surface area contributed by atoms with Crippen LogP contribution in [0, 0.1) is 0 Å². The van der Waals surface area contributed by atoms with Crippen molar-refractivity contribution in [3.8, 4) is 0 Å². The van der Waals surface area contributed by atoms with Crippen molar-refractivity contribution in [2.24, 2.45) is 7.05 Å². The molecule has 5 heteroatoms. The summed E-state index contributed by atoms with van der Waals surface area (Å²) in [6, 6.07) is 0.143. The van der Waals surface area contributed by atoms with E-state index in [1.54, 1.807) is 10.9 Å². The largest absolute Gasteiger partial charge is 0.349 e. The fourth-order valence-electron chi connectivity index (χ4n) is 1.76. The van der Waals surface area contributed by atoms with E-state index in [9.17, 15) is 4.79 Å². The molecular formula is C12H20ClN3O. The summed E-state index contributed by atoms with van der Waals surface area (Å²) in [5.41, 5.74) is 1.51. The molecule has 1 N–H and O–H groups in total. The number of nitrogens with one attached hydrogen (secondary N) is 1. The van der Waals surface area contributed by atoms with Crippen molar-refractivity contribution in [2.45, 2.75) is 39.2 Å². The molecule has 1 heterocycles. The molecule has 1 amide bonds. The third-order valence-electron chi connectivity index (χ3n) is 2.77. The molecule has 1 unspecified atom stereocenters. The standard InChI is InChI=1S/C12H20ClN3O/c1-4-9(6-7-13)14-12(17)10-8-16(3)15-11(10)5-2/h8-9H,4-7H2,1-3H3,(H,14,17). The van der Waals surface area contributed by atoms with Gasteiger partial charge in [-0.05, 0) is 19.3 Å². The second-order valence-corrected chi connectivity index (χ2v) is 4.45. The van der Waals surface area contributed by atoms with Crippen molar-refractivity contribution in [3.05, 3.63) is 17.5 Å². The normalized spacial score (nSPS) is 12.5. The minimum Gasteiger partial charge on any atom is -0.349 e. The van der Waals surface area contributed by atoms with Gasteiger partial charge < -0.3 is 5.32 Å². The van der Waals surface area contributed by atoms with Gasteiger partial charge in [0.2, 0.25) is 0 Å². The van der Waals surface area contributed by atoms with Crippen LogP contribution < -0.4 is 5.32 Å². The lowest BCUT2D eigenvalue weighted by Crippen LogP contribution is -2.35. The maximum Gasteiger partial charge on any atom is 0.254 e. The number of aromatic nitrogens is 2. The Labute approximate surface area is 107 Å². The van der Waals surface area contributed by atoms with Gasteiger partial charge in [0.1, 0.15) is 0 Å². The number of carbonyl (C=O) groups is 1. The number of rotatable bonds is 6. The average Bonchev–Trinajstić information content (AvgIpc) is 2.69. The Morgan fingerprint density at radius 3 is 2.82 bits per heavy atom. The van der Waals surface area contributed by atoms with E-state index >= 15 is 0 Å². The van der Waals surface area contributed by atoms with Crippen LogP contribution in [0.25, 0.3) is 0 Å². The van der Waals surface area contributed by atoms with Crippen LogP contribution >= 0.6 is 11.6 Å². The highest BCUT2D eigenvalue weighted by Crippen LogP contribution is 2.09. The van der Waals surface area contributed by atoms with Crippen molar-refractivity contribution in [1.82, 2.24) is 15.1 Å². The zero-order valence-corrected chi connectivity index (χ0v) is 11.4. The van der Waals surface area contributed by atoms with Crippen LogP contribution in [0.2, 0.25) is 0 Å². The fourth-order valence-corrected chi connectivity index (χ4v) is 2.02. The number of amides is 1. The number of nitrogens with zero attached hydrogens (tertiary/aromatic N) is 2. The zero-order chi connectivity index (χ0) is 12.8. The monoisotopic (exact) mass is 257 g/mol. The van der Waals surface area contributed by atoms with Crippen molar-refractivity contribution in [2.75, 3.05) is 5.88 Å².